The van der Waals surface area contributed by atoms with Gasteiger partial charge in [0.1, 0.15) is 15.7 Å². The van der Waals surface area contributed by atoms with E-state index in [4.69, 9.17) is 4.42 Å². The molecule has 37 heavy (non-hydrogen) atoms. The molecule has 0 unspecified atom stereocenters. The molecular formula is C26H20FN3O4S3. The molecular weight excluding hydrogens is 534 g/mol. The number of nitrogens with one attached hydrogen (secondary N) is 1. The molecule has 0 atom stereocenters. The summed E-state index contributed by atoms with van der Waals surface area (Å²) in [6.45, 7) is 2.01. The molecule has 3 heterocycles. The van der Waals surface area contributed by atoms with Crippen LogP contribution in [-0.2, 0) is 10.5 Å². The number of amides is 3. The number of imide groups is 1. The number of halogens is 1. The van der Waals surface area contributed by atoms with E-state index in [0.29, 0.717) is 16.9 Å². The number of para-hydroxylation sites is 1. The summed E-state index contributed by atoms with van der Waals surface area (Å²) in [5.41, 5.74) is 2.93. The Labute approximate surface area is 224 Å². The fourth-order valence-corrected chi connectivity index (χ4v) is 6.46. The number of nitrogens with zero attached hydrogens (tertiary/aromatic N) is 2. The summed E-state index contributed by atoms with van der Waals surface area (Å²) in [6, 6.07) is 13.1. The number of aromatic nitrogens is 1. The molecule has 11 heteroatoms. The van der Waals surface area contributed by atoms with Gasteiger partial charge in [0, 0.05) is 40.9 Å². The highest BCUT2D eigenvalue weighted by Gasteiger charge is 2.34. The number of fused-ring (bicyclic) bond motifs is 1. The van der Waals surface area contributed by atoms with Crippen molar-refractivity contribution in [3.05, 3.63) is 87.2 Å². The van der Waals surface area contributed by atoms with Gasteiger partial charge < -0.3 is 9.73 Å². The third kappa shape index (κ3) is 5.63. The molecule has 0 spiro atoms. The van der Waals surface area contributed by atoms with Gasteiger partial charge in [-0.15, -0.1) is 11.3 Å². The summed E-state index contributed by atoms with van der Waals surface area (Å²) in [5.74, 6) is -0.550. The minimum Gasteiger partial charge on any atom is -0.451 e. The summed E-state index contributed by atoms with van der Waals surface area (Å²) < 4.78 is 19.9. The number of hydrogen-bond acceptors (Lipinski definition) is 8. The number of hydrogen-bond donors (Lipinski definition) is 1. The minimum absolute atomic E-state index is 0.0138. The average molecular weight is 554 g/mol. The van der Waals surface area contributed by atoms with Crippen LogP contribution in [0.15, 0.2) is 67.6 Å². The molecule has 0 saturated carbocycles. The second-order valence-corrected chi connectivity index (χ2v) is 11.2. The van der Waals surface area contributed by atoms with Crippen molar-refractivity contribution in [3.63, 3.8) is 0 Å². The van der Waals surface area contributed by atoms with E-state index in [1.807, 2.05) is 36.6 Å². The normalized spacial score (nSPS) is 14.8. The third-order valence-corrected chi connectivity index (χ3v) is 8.58. The molecule has 2 aromatic heterocycles. The monoisotopic (exact) mass is 553 g/mol. The first-order valence-electron chi connectivity index (χ1n) is 11.2. The molecule has 0 aliphatic carbocycles. The van der Waals surface area contributed by atoms with Crippen molar-refractivity contribution in [1.29, 1.82) is 0 Å². The molecule has 0 radical (unpaired) electrons. The van der Waals surface area contributed by atoms with Crippen molar-refractivity contribution >= 4 is 69.0 Å². The molecule has 4 aromatic rings. The summed E-state index contributed by atoms with van der Waals surface area (Å²) in [7, 11) is 0. The first kappa shape index (κ1) is 25.2. The van der Waals surface area contributed by atoms with Crippen LogP contribution in [0.4, 0.5) is 9.18 Å². The predicted molar refractivity (Wildman–Crippen MR) is 144 cm³/mol. The van der Waals surface area contributed by atoms with Crippen LogP contribution in [-0.4, -0.2) is 40.0 Å². The SMILES string of the molecule is Cc1csc(SCc2c(C(=O)NCCN3C(=O)SC(=Cc4ccc(F)cc4)C3=O)oc3ccccc23)n1. The van der Waals surface area contributed by atoms with Gasteiger partial charge in [-0.3, -0.25) is 19.3 Å². The van der Waals surface area contributed by atoms with Gasteiger partial charge in [0.25, 0.3) is 17.1 Å². The van der Waals surface area contributed by atoms with E-state index in [9.17, 15) is 18.8 Å². The first-order valence-corrected chi connectivity index (χ1v) is 13.9. The summed E-state index contributed by atoms with van der Waals surface area (Å²) >= 11 is 3.89. The molecule has 5 rings (SSSR count). The van der Waals surface area contributed by atoms with Gasteiger partial charge in [-0.2, -0.15) is 0 Å². The Kier molecular flexibility index (Phi) is 7.45. The van der Waals surface area contributed by atoms with E-state index in [1.165, 1.54) is 36.0 Å². The molecule has 3 amide bonds. The van der Waals surface area contributed by atoms with Crippen LogP contribution in [0.2, 0.25) is 0 Å². The van der Waals surface area contributed by atoms with Gasteiger partial charge in [0.15, 0.2) is 5.76 Å². The van der Waals surface area contributed by atoms with Crippen LogP contribution in [0.3, 0.4) is 0 Å². The smallest absolute Gasteiger partial charge is 0.293 e. The lowest BCUT2D eigenvalue weighted by Gasteiger charge is -2.12. The number of rotatable bonds is 8. The zero-order valence-corrected chi connectivity index (χ0v) is 22.0. The van der Waals surface area contributed by atoms with Crippen molar-refractivity contribution in [2.24, 2.45) is 0 Å². The maximum absolute atomic E-state index is 13.1. The number of carbonyl (C=O) groups is 3. The molecule has 1 N–H and O–H groups in total. The van der Waals surface area contributed by atoms with Crippen molar-refractivity contribution in [3.8, 4) is 0 Å². The maximum Gasteiger partial charge on any atom is 0.293 e. The predicted octanol–water partition coefficient (Wildman–Crippen LogP) is 6.10. The molecule has 188 valence electrons. The maximum atomic E-state index is 13.1. The number of benzene rings is 2. The van der Waals surface area contributed by atoms with Gasteiger partial charge in [0.2, 0.25) is 0 Å². The van der Waals surface area contributed by atoms with Crippen LogP contribution in [0.25, 0.3) is 17.0 Å². The Morgan fingerprint density at radius 1 is 1.19 bits per heavy atom. The van der Waals surface area contributed by atoms with E-state index >= 15 is 0 Å². The summed E-state index contributed by atoms with van der Waals surface area (Å²) in [5, 5.41) is 5.17. The molecule has 1 fully saturated rings. The van der Waals surface area contributed by atoms with E-state index in [-0.39, 0.29) is 29.6 Å². The standard InChI is InChI=1S/C26H20FN3O4S3/c1-15-13-35-25(29-15)36-14-19-18-4-2-3-5-20(18)34-22(19)23(31)28-10-11-30-24(32)21(37-26(30)33)12-16-6-8-17(27)9-7-16/h2-9,12-13H,10-11,14H2,1H3,(H,28,31). The molecule has 0 bridgehead atoms. The van der Waals surface area contributed by atoms with Gasteiger partial charge >= 0.3 is 0 Å². The largest absolute Gasteiger partial charge is 0.451 e. The van der Waals surface area contributed by atoms with E-state index in [0.717, 1.165) is 37.6 Å². The number of thiazole rings is 1. The Morgan fingerprint density at radius 2 is 1.97 bits per heavy atom. The van der Waals surface area contributed by atoms with Crippen LogP contribution in [0, 0.1) is 12.7 Å². The highest BCUT2D eigenvalue weighted by atomic mass is 32.2. The Morgan fingerprint density at radius 3 is 2.73 bits per heavy atom. The van der Waals surface area contributed by atoms with Crippen LogP contribution >= 0.6 is 34.9 Å². The summed E-state index contributed by atoms with van der Waals surface area (Å²) in [4.78, 5) is 44.0. The summed E-state index contributed by atoms with van der Waals surface area (Å²) in [6.07, 6.45) is 1.55. The van der Waals surface area contributed by atoms with Crippen LogP contribution < -0.4 is 5.32 Å². The van der Waals surface area contributed by atoms with Gasteiger partial charge in [-0.1, -0.05) is 42.1 Å². The van der Waals surface area contributed by atoms with Gasteiger partial charge in [0.05, 0.1) is 4.91 Å². The van der Waals surface area contributed by atoms with Crippen molar-refractivity contribution in [2.75, 3.05) is 13.1 Å². The molecule has 2 aromatic carbocycles. The van der Waals surface area contributed by atoms with E-state index in [1.54, 1.807) is 17.4 Å². The topological polar surface area (TPSA) is 92.5 Å². The fourth-order valence-electron chi connectivity index (χ4n) is 3.72. The number of carbonyl (C=O) groups excluding carboxylic acids is 3. The third-order valence-electron chi connectivity index (χ3n) is 5.50. The van der Waals surface area contributed by atoms with Crippen molar-refractivity contribution in [1.82, 2.24) is 15.2 Å². The Hall–Kier alpha value is -3.41. The second-order valence-electron chi connectivity index (χ2n) is 8.09. The van der Waals surface area contributed by atoms with Gasteiger partial charge in [-0.05, 0) is 48.5 Å². The number of thioether (sulfide) groups is 2. The minimum atomic E-state index is -0.451. The van der Waals surface area contributed by atoms with Gasteiger partial charge in [-0.25, -0.2) is 9.37 Å². The zero-order valence-electron chi connectivity index (χ0n) is 19.5. The van der Waals surface area contributed by atoms with Crippen molar-refractivity contribution < 1.29 is 23.2 Å². The van der Waals surface area contributed by atoms with E-state index in [2.05, 4.69) is 10.3 Å². The number of furan rings is 1. The quantitative estimate of drug-likeness (QED) is 0.208. The van der Waals surface area contributed by atoms with E-state index < -0.39 is 17.1 Å². The molecule has 1 aliphatic heterocycles. The lowest BCUT2D eigenvalue weighted by molar-refractivity contribution is -0.122. The Bertz CT molecular complexity index is 1530. The Balaban J connectivity index is 1.25. The van der Waals surface area contributed by atoms with Crippen LogP contribution in [0.5, 0.6) is 0 Å². The average Bonchev–Trinajstić information content (AvgIpc) is 3.55. The lowest BCUT2D eigenvalue weighted by atomic mass is 10.1. The lowest BCUT2D eigenvalue weighted by Crippen LogP contribution is -2.37. The molecule has 7 nitrogen and oxygen atoms in total. The van der Waals surface area contributed by atoms with Crippen LogP contribution in [0.1, 0.15) is 27.4 Å². The number of aryl methyl sites for hydroxylation is 1. The highest BCUT2D eigenvalue weighted by molar-refractivity contribution is 8.18. The highest BCUT2D eigenvalue weighted by Crippen LogP contribution is 2.34. The fraction of sp³-hybridized carbons (Fsp3) is 0.154. The molecule has 1 aliphatic rings. The first-order chi connectivity index (χ1) is 17.9. The zero-order chi connectivity index (χ0) is 25.9. The van der Waals surface area contributed by atoms with Crippen molar-refractivity contribution in [2.45, 2.75) is 17.0 Å². The molecule has 1 saturated heterocycles. The second kappa shape index (κ2) is 10.9.